The number of hydrogen-bond donors (Lipinski definition) is 0. The van der Waals surface area contributed by atoms with E-state index in [0.29, 0.717) is 25.0 Å². The van der Waals surface area contributed by atoms with Crippen molar-refractivity contribution in [2.45, 2.75) is 51.0 Å². The second-order valence-corrected chi connectivity index (χ2v) is 9.34. The van der Waals surface area contributed by atoms with E-state index in [1.165, 1.54) is 12.7 Å². The quantitative estimate of drug-likeness (QED) is 0.280. The number of carbonyl (C=O) groups is 2. The molecule has 3 rings (SSSR count). The lowest BCUT2D eigenvalue weighted by molar-refractivity contribution is -0.142. The number of methoxy groups -OCH3 is 3. The number of carbonyl (C=O) groups excluding carboxylic acids is 2. The van der Waals surface area contributed by atoms with Crippen molar-refractivity contribution in [1.29, 1.82) is 0 Å². The predicted octanol–water partition coefficient (Wildman–Crippen LogP) is 3.67. The molecule has 2 unspecified atom stereocenters. The fourth-order valence-corrected chi connectivity index (χ4v) is 4.62. The van der Waals surface area contributed by atoms with E-state index >= 15 is 0 Å². The Kier molecular flexibility index (Phi) is 12.0. The Labute approximate surface area is 220 Å². The molecule has 0 spiro atoms. The lowest BCUT2D eigenvalue weighted by Crippen LogP contribution is -2.45. The van der Waals surface area contributed by atoms with Gasteiger partial charge in [-0.25, -0.2) is 0 Å². The van der Waals surface area contributed by atoms with Crippen LogP contribution in [0.1, 0.15) is 36.8 Å². The first-order chi connectivity index (χ1) is 18.0. The van der Waals surface area contributed by atoms with Crippen LogP contribution in [0.15, 0.2) is 54.6 Å². The van der Waals surface area contributed by atoms with Gasteiger partial charge in [0.25, 0.3) is 0 Å². The average Bonchev–Trinajstić information content (AvgIpc) is 2.92. The predicted molar refractivity (Wildman–Crippen MR) is 141 cm³/mol. The van der Waals surface area contributed by atoms with Crippen molar-refractivity contribution in [2.75, 3.05) is 47.5 Å². The van der Waals surface area contributed by atoms with Gasteiger partial charge in [0.15, 0.2) is 0 Å². The molecule has 202 valence electrons. The van der Waals surface area contributed by atoms with Gasteiger partial charge in [-0.1, -0.05) is 48.5 Å². The highest BCUT2D eigenvalue weighted by Gasteiger charge is 2.26. The largest absolute Gasteiger partial charge is 0.469 e. The van der Waals surface area contributed by atoms with Gasteiger partial charge in [-0.05, 0) is 24.5 Å². The highest BCUT2D eigenvalue weighted by Crippen LogP contribution is 2.23. The third-order valence-electron chi connectivity index (χ3n) is 6.79. The lowest BCUT2D eigenvalue weighted by Gasteiger charge is -2.35. The topological polar surface area (TPSA) is 77.5 Å². The first-order valence-corrected chi connectivity index (χ1v) is 12.9. The first kappa shape index (κ1) is 28.8. The van der Waals surface area contributed by atoms with Crippen molar-refractivity contribution in [3.8, 4) is 5.75 Å². The van der Waals surface area contributed by atoms with E-state index in [9.17, 15) is 9.59 Å². The summed E-state index contributed by atoms with van der Waals surface area (Å²) in [6, 6.07) is 18.2. The molecular formula is C29H40N2O6. The summed E-state index contributed by atoms with van der Waals surface area (Å²) in [5.74, 6) is -0.0619. The van der Waals surface area contributed by atoms with E-state index in [4.69, 9.17) is 14.2 Å². The summed E-state index contributed by atoms with van der Waals surface area (Å²) in [6.45, 7) is 5.62. The SMILES string of the molecule is COC(=O)CCCC(OC)C(CC(=O)Oc1ccccc1CN1CCN(Cc2ccccc2)CC1)OC. The van der Waals surface area contributed by atoms with Gasteiger partial charge in [0.05, 0.1) is 25.7 Å². The van der Waals surface area contributed by atoms with Gasteiger partial charge < -0.3 is 18.9 Å². The van der Waals surface area contributed by atoms with Crippen molar-refractivity contribution in [1.82, 2.24) is 9.80 Å². The maximum absolute atomic E-state index is 12.8. The summed E-state index contributed by atoms with van der Waals surface area (Å²) >= 11 is 0. The molecule has 0 aromatic heterocycles. The fourth-order valence-electron chi connectivity index (χ4n) is 4.62. The summed E-state index contributed by atoms with van der Waals surface area (Å²) in [4.78, 5) is 29.1. The Morgan fingerprint density at radius 2 is 1.41 bits per heavy atom. The van der Waals surface area contributed by atoms with Gasteiger partial charge in [0, 0.05) is 65.5 Å². The molecule has 0 aliphatic carbocycles. The van der Waals surface area contributed by atoms with Gasteiger partial charge in [0.1, 0.15) is 5.75 Å². The minimum atomic E-state index is -0.472. The number of ether oxygens (including phenoxy) is 4. The molecule has 2 atom stereocenters. The monoisotopic (exact) mass is 512 g/mol. The zero-order valence-corrected chi connectivity index (χ0v) is 22.3. The Morgan fingerprint density at radius 1 is 0.784 bits per heavy atom. The Hall–Kier alpha value is -2.78. The van der Waals surface area contributed by atoms with E-state index in [2.05, 4.69) is 38.8 Å². The fraction of sp³-hybridized carbons (Fsp3) is 0.517. The highest BCUT2D eigenvalue weighted by atomic mass is 16.5. The molecule has 1 heterocycles. The van der Waals surface area contributed by atoms with E-state index < -0.39 is 6.10 Å². The standard InChI is InChI=1S/C29H40N2O6/c1-34-26(14-9-15-28(32)36-3)27(35-2)20-29(33)37-25-13-8-7-12-24(25)22-31-18-16-30(17-19-31)21-23-10-5-4-6-11-23/h4-8,10-13,26-27H,9,14-22H2,1-3H3. The zero-order valence-electron chi connectivity index (χ0n) is 22.3. The molecule has 1 saturated heterocycles. The maximum Gasteiger partial charge on any atom is 0.313 e. The first-order valence-electron chi connectivity index (χ1n) is 12.9. The van der Waals surface area contributed by atoms with Gasteiger partial charge in [0.2, 0.25) is 0 Å². The molecule has 0 amide bonds. The minimum absolute atomic E-state index is 0.0553. The summed E-state index contributed by atoms with van der Waals surface area (Å²) in [5, 5.41) is 0. The van der Waals surface area contributed by atoms with Crippen LogP contribution in [0, 0.1) is 0 Å². The molecule has 8 nitrogen and oxygen atoms in total. The van der Waals surface area contributed by atoms with Crippen molar-refractivity contribution in [3.63, 3.8) is 0 Å². The molecule has 0 N–H and O–H groups in total. The molecule has 37 heavy (non-hydrogen) atoms. The van der Waals surface area contributed by atoms with Crippen LogP contribution in [0.2, 0.25) is 0 Å². The van der Waals surface area contributed by atoms with E-state index in [-0.39, 0.29) is 24.5 Å². The number of hydrogen-bond acceptors (Lipinski definition) is 8. The number of benzene rings is 2. The lowest BCUT2D eigenvalue weighted by atomic mass is 10.0. The van der Waals surface area contributed by atoms with E-state index in [1.807, 2.05) is 30.3 Å². The molecule has 0 bridgehead atoms. The van der Waals surface area contributed by atoms with Gasteiger partial charge in [-0.3, -0.25) is 19.4 Å². The third-order valence-corrected chi connectivity index (χ3v) is 6.79. The molecular weight excluding hydrogens is 472 g/mol. The van der Waals surface area contributed by atoms with Crippen LogP contribution >= 0.6 is 0 Å². The molecule has 2 aromatic rings. The summed E-state index contributed by atoms with van der Waals surface area (Å²) in [7, 11) is 4.50. The number of rotatable bonds is 14. The molecule has 0 saturated carbocycles. The van der Waals surface area contributed by atoms with Crippen LogP contribution in [0.25, 0.3) is 0 Å². The van der Waals surface area contributed by atoms with Crippen LogP contribution in [0.5, 0.6) is 5.75 Å². The third kappa shape index (κ3) is 9.55. The number of para-hydroxylation sites is 1. The van der Waals surface area contributed by atoms with E-state index in [1.54, 1.807) is 14.2 Å². The number of piperazine rings is 1. The van der Waals surface area contributed by atoms with Crippen molar-refractivity contribution < 1.29 is 28.5 Å². The van der Waals surface area contributed by atoms with Gasteiger partial charge in [-0.15, -0.1) is 0 Å². The van der Waals surface area contributed by atoms with Crippen LogP contribution in [0.4, 0.5) is 0 Å². The zero-order chi connectivity index (χ0) is 26.5. The van der Waals surface area contributed by atoms with Crippen LogP contribution in [-0.2, 0) is 36.9 Å². The Bertz CT molecular complexity index is 962. The molecule has 2 aromatic carbocycles. The van der Waals surface area contributed by atoms with Gasteiger partial charge in [-0.2, -0.15) is 0 Å². The second-order valence-electron chi connectivity index (χ2n) is 9.34. The smallest absolute Gasteiger partial charge is 0.313 e. The normalized spacial score (nSPS) is 16.2. The molecule has 0 radical (unpaired) electrons. The molecule has 1 fully saturated rings. The molecule has 8 heteroatoms. The van der Waals surface area contributed by atoms with Crippen molar-refractivity contribution in [2.24, 2.45) is 0 Å². The highest BCUT2D eigenvalue weighted by molar-refractivity contribution is 5.73. The van der Waals surface area contributed by atoms with Crippen LogP contribution < -0.4 is 4.74 Å². The van der Waals surface area contributed by atoms with Crippen LogP contribution in [-0.4, -0.2) is 81.5 Å². The minimum Gasteiger partial charge on any atom is -0.469 e. The Morgan fingerprint density at radius 3 is 2.05 bits per heavy atom. The number of nitrogens with zero attached hydrogens (tertiary/aromatic N) is 2. The maximum atomic E-state index is 12.8. The number of esters is 2. The molecule has 1 aliphatic rings. The van der Waals surface area contributed by atoms with E-state index in [0.717, 1.165) is 44.8 Å². The summed E-state index contributed by atoms with van der Waals surface area (Å²) in [5.41, 5.74) is 2.32. The van der Waals surface area contributed by atoms with Crippen LogP contribution in [0.3, 0.4) is 0 Å². The summed E-state index contributed by atoms with van der Waals surface area (Å²) < 4.78 is 21.6. The molecule has 1 aliphatic heterocycles. The Balaban J connectivity index is 1.50. The van der Waals surface area contributed by atoms with Crippen molar-refractivity contribution in [3.05, 3.63) is 65.7 Å². The summed E-state index contributed by atoms with van der Waals surface area (Å²) in [6.07, 6.45) is 0.709. The second kappa shape index (κ2) is 15.5. The van der Waals surface area contributed by atoms with Gasteiger partial charge >= 0.3 is 11.9 Å². The van der Waals surface area contributed by atoms with Crippen molar-refractivity contribution >= 4 is 11.9 Å². The average molecular weight is 513 g/mol.